The first kappa shape index (κ1) is 18.8. The van der Waals surface area contributed by atoms with E-state index in [1.807, 2.05) is 36.4 Å². The number of para-hydroxylation sites is 1. The molecule has 0 saturated heterocycles. The van der Waals surface area contributed by atoms with Gasteiger partial charge in [0.25, 0.3) is 5.91 Å². The second-order valence-corrected chi connectivity index (χ2v) is 8.06. The van der Waals surface area contributed by atoms with Crippen LogP contribution >= 0.6 is 7.60 Å². The molecule has 138 valence electrons. The van der Waals surface area contributed by atoms with Gasteiger partial charge in [-0.3, -0.25) is 14.7 Å². The van der Waals surface area contributed by atoms with Gasteiger partial charge in [-0.05, 0) is 25.5 Å². The zero-order chi connectivity index (χ0) is 18.6. The second-order valence-electron chi connectivity index (χ2n) is 5.88. The van der Waals surface area contributed by atoms with Crippen LogP contribution in [-0.2, 0) is 30.2 Å². The Morgan fingerprint density at radius 1 is 1.00 bits per heavy atom. The Balaban J connectivity index is 2.10. The summed E-state index contributed by atoms with van der Waals surface area (Å²) in [6.45, 7) is 4.14. The Labute approximate surface area is 153 Å². The Hall–Kier alpha value is -1.98. The van der Waals surface area contributed by atoms with E-state index in [0.717, 1.165) is 5.56 Å². The molecule has 0 bridgehead atoms. The fourth-order valence-corrected chi connectivity index (χ4v) is 5.39. The van der Waals surface area contributed by atoms with Gasteiger partial charge in [0.15, 0.2) is 0 Å². The summed E-state index contributed by atoms with van der Waals surface area (Å²) in [4.78, 5) is 13.1. The summed E-state index contributed by atoms with van der Waals surface area (Å²) in [5.41, 5.74) is 2.15. The van der Waals surface area contributed by atoms with E-state index in [1.165, 1.54) is 0 Å². The molecule has 0 saturated carbocycles. The highest BCUT2D eigenvalue weighted by Crippen LogP contribution is 2.66. The van der Waals surface area contributed by atoms with Crippen molar-refractivity contribution in [3.8, 4) is 0 Å². The lowest BCUT2D eigenvalue weighted by Gasteiger charge is -2.35. The lowest BCUT2D eigenvalue weighted by Crippen LogP contribution is -2.48. The first-order valence-electron chi connectivity index (χ1n) is 8.66. The number of anilines is 1. The number of amides is 1. The fourth-order valence-electron chi connectivity index (χ4n) is 3.18. The third kappa shape index (κ3) is 3.10. The van der Waals surface area contributed by atoms with Crippen LogP contribution in [0.4, 0.5) is 5.69 Å². The highest BCUT2D eigenvalue weighted by atomic mass is 31.2. The number of rotatable bonds is 8. The van der Waals surface area contributed by atoms with E-state index in [1.54, 1.807) is 32.0 Å². The normalized spacial score (nSPS) is 19.2. The molecule has 1 unspecified atom stereocenters. The van der Waals surface area contributed by atoms with Gasteiger partial charge < -0.3 is 14.4 Å². The first-order chi connectivity index (χ1) is 12.6. The van der Waals surface area contributed by atoms with Crippen LogP contribution < -0.4 is 10.6 Å². The zero-order valence-corrected chi connectivity index (χ0v) is 15.8. The molecule has 26 heavy (non-hydrogen) atoms. The summed E-state index contributed by atoms with van der Waals surface area (Å²) in [5, 5.41) is 4.42. The van der Waals surface area contributed by atoms with E-state index >= 15 is 0 Å². The molecule has 1 heterocycles. The molecule has 1 aliphatic heterocycles. The highest BCUT2D eigenvalue weighted by Gasteiger charge is 2.62. The molecule has 0 fully saturated rings. The number of benzene rings is 2. The molecule has 1 aliphatic rings. The molecule has 7 heteroatoms. The highest BCUT2D eigenvalue weighted by molar-refractivity contribution is 7.56. The van der Waals surface area contributed by atoms with Crippen LogP contribution in [0.25, 0.3) is 0 Å². The van der Waals surface area contributed by atoms with Crippen molar-refractivity contribution in [2.24, 2.45) is 0 Å². The van der Waals surface area contributed by atoms with Crippen molar-refractivity contribution in [1.82, 2.24) is 5.32 Å². The summed E-state index contributed by atoms with van der Waals surface area (Å²) in [5.74, 6) is -0.431. The summed E-state index contributed by atoms with van der Waals surface area (Å²) in [7, 11) is -3.85. The molecule has 1 amide bonds. The van der Waals surface area contributed by atoms with Gasteiger partial charge in [0.05, 0.1) is 13.2 Å². The lowest BCUT2D eigenvalue weighted by atomic mass is 10.1. The summed E-state index contributed by atoms with van der Waals surface area (Å²) in [6, 6.07) is 16.8. The maximum Gasteiger partial charge on any atom is 0.364 e. The minimum Gasteiger partial charge on any atom is -0.323 e. The van der Waals surface area contributed by atoms with Crippen molar-refractivity contribution >= 4 is 19.2 Å². The quantitative estimate of drug-likeness (QED) is 0.687. The van der Waals surface area contributed by atoms with Gasteiger partial charge in [-0.15, -0.1) is 0 Å². The minimum absolute atomic E-state index is 0.168. The topological polar surface area (TPSA) is 76.7 Å². The molecule has 6 nitrogen and oxygen atoms in total. The third-order valence-corrected chi connectivity index (χ3v) is 6.91. The summed E-state index contributed by atoms with van der Waals surface area (Å²) >= 11 is 0. The minimum atomic E-state index is -3.85. The smallest absolute Gasteiger partial charge is 0.323 e. The van der Waals surface area contributed by atoms with Gasteiger partial charge in [-0.1, -0.05) is 48.5 Å². The molecule has 3 rings (SSSR count). The van der Waals surface area contributed by atoms with Crippen molar-refractivity contribution in [2.75, 3.05) is 18.5 Å². The maximum atomic E-state index is 13.8. The molecule has 1 atom stereocenters. The Morgan fingerprint density at radius 3 is 2.27 bits per heavy atom. The van der Waals surface area contributed by atoms with E-state index in [2.05, 4.69) is 10.6 Å². The van der Waals surface area contributed by atoms with Crippen molar-refractivity contribution in [3.05, 3.63) is 65.7 Å². The van der Waals surface area contributed by atoms with Crippen LogP contribution in [0, 0.1) is 0 Å². The van der Waals surface area contributed by atoms with Gasteiger partial charge in [0.1, 0.15) is 0 Å². The number of carbonyl (C=O) groups excluding carboxylic acids is 1. The van der Waals surface area contributed by atoms with Crippen molar-refractivity contribution in [2.45, 2.75) is 25.7 Å². The zero-order valence-electron chi connectivity index (χ0n) is 14.9. The molecule has 0 aliphatic carbocycles. The van der Waals surface area contributed by atoms with E-state index in [4.69, 9.17) is 9.05 Å². The number of hydrogen-bond acceptors (Lipinski definition) is 5. The van der Waals surface area contributed by atoms with Crippen molar-refractivity contribution in [1.29, 1.82) is 0 Å². The van der Waals surface area contributed by atoms with Crippen LogP contribution in [0.5, 0.6) is 0 Å². The second kappa shape index (κ2) is 7.72. The molecule has 0 aromatic heterocycles. The fraction of sp³-hybridized carbons (Fsp3) is 0.316. The van der Waals surface area contributed by atoms with Gasteiger partial charge in [-0.2, -0.15) is 0 Å². The predicted octanol–water partition coefficient (Wildman–Crippen LogP) is 3.85. The third-order valence-electron chi connectivity index (χ3n) is 4.29. The first-order valence-corrected chi connectivity index (χ1v) is 10.2. The largest absolute Gasteiger partial charge is 0.364 e. The molecular formula is C19H23N2O4P. The monoisotopic (exact) mass is 374 g/mol. The lowest BCUT2D eigenvalue weighted by molar-refractivity contribution is -0.119. The molecule has 2 aromatic rings. The van der Waals surface area contributed by atoms with Crippen LogP contribution in [-0.4, -0.2) is 19.1 Å². The maximum absolute atomic E-state index is 13.8. The van der Waals surface area contributed by atoms with Crippen LogP contribution in [0.1, 0.15) is 25.0 Å². The number of fused-ring (bicyclic) bond motifs is 1. The summed E-state index contributed by atoms with van der Waals surface area (Å²) < 4.78 is 24.9. The van der Waals surface area contributed by atoms with E-state index < -0.39 is 18.8 Å². The SMILES string of the molecule is CCOP(=O)(OCC)C1(NCc2ccccc2)C(=O)Nc2ccccc21. The van der Waals surface area contributed by atoms with Gasteiger partial charge in [-0.25, -0.2) is 0 Å². The van der Waals surface area contributed by atoms with Crippen LogP contribution in [0.3, 0.4) is 0 Å². The molecule has 2 N–H and O–H groups in total. The average Bonchev–Trinajstić information content (AvgIpc) is 2.94. The van der Waals surface area contributed by atoms with E-state index in [9.17, 15) is 9.36 Å². The van der Waals surface area contributed by atoms with Gasteiger partial charge in [0.2, 0.25) is 5.28 Å². The van der Waals surface area contributed by atoms with Crippen molar-refractivity contribution in [3.63, 3.8) is 0 Å². The Bertz CT molecular complexity index is 817. The van der Waals surface area contributed by atoms with Crippen LogP contribution in [0.2, 0.25) is 0 Å². The molecule has 0 spiro atoms. The molecular weight excluding hydrogens is 351 g/mol. The summed E-state index contributed by atoms with van der Waals surface area (Å²) in [6.07, 6.45) is 0. The molecule has 2 aromatic carbocycles. The van der Waals surface area contributed by atoms with E-state index in [0.29, 0.717) is 17.8 Å². The predicted molar refractivity (Wildman–Crippen MR) is 101 cm³/mol. The van der Waals surface area contributed by atoms with Gasteiger partial charge >= 0.3 is 7.60 Å². The van der Waals surface area contributed by atoms with Crippen molar-refractivity contribution < 1.29 is 18.4 Å². The Morgan fingerprint density at radius 2 is 1.62 bits per heavy atom. The van der Waals surface area contributed by atoms with Crippen LogP contribution in [0.15, 0.2) is 54.6 Å². The van der Waals surface area contributed by atoms with E-state index in [-0.39, 0.29) is 13.2 Å². The standard InChI is InChI=1S/C19H23N2O4P/c1-3-24-26(23,25-4-2)19(20-14-15-10-6-5-7-11-15)16-12-8-9-13-17(16)21-18(19)22/h5-13,20H,3-4,14H2,1-2H3,(H,21,22). The number of hydrogen-bond donors (Lipinski definition) is 2. The molecule has 0 radical (unpaired) electrons. The average molecular weight is 374 g/mol. The number of carbonyl (C=O) groups is 1. The number of nitrogens with one attached hydrogen (secondary N) is 2. The van der Waals surface area contributed by atoms with Gasteiger partial charge in [0, 0.05) is 17.8 Å². The Kier molecular flexibility index (Phi) is 5.58.